The SMILES string of the molecule is O=C(CCOc1ccccc1)Nc1ccc(N2CCC3(CC2)OCCO3)cn1. The quantitative estimate of drug-likeness (QED) is 0.827. The molecule has 28 heavy (non-hydrogen) atoms. The maximum Gasteiger partial charge on any atom is 0.228 e. The number of ether oxygens (including phenoxy) is 3. The van der Waals surface area contributed by atoms with E-state index in [1.807, 2.05) is 42.5 Å². The first-order valence-electron chi connectivity index (χ1n) is 9.69. The number of nitrogens with one attached hydrogen (secondary N) is 1. The summed E-state index contributed by atoms with van der Waals surface area (Å²) in [6.07, 6.45) is 3.77. The van der Waals surface area contributed by atoms with Crippen molar-refractivity contribution in [1.29, 1.82) is 0 Å². The lowest BCUT2D eigenvalue weighted by Crippen LogP contribution is -2.45. The minimum absolute atomic E-state index is 0.119. The van der Waals surface area contributed by atoms with Crippen molar-refractivity contribution < 1.29 is 19.0 Å². The number of hydrogen-bond donors (Lipinski definition) is 1. The third kappa shape index (κ3) is 4.61. The Morgan fingerprint density at radius 3 is 2.54 bits per heavy atom. The molecule has 1 amide bonds. The molecule has 148 valence electrons. The van der Waals surface area contributed by atoms with E-state index in [-0.39, 0.29) is 18.1 Å². The topological polar surface area (TPSA) is 72.9 Å². The van der Waals surface area contributed by atoms with E-state index in [9.17, 15) is 4.79 Å². The van der Waals surface area contributed by atoms with Gasteiger partial charge in [-0.15, -0.1) is 0 Å². The number of carbonyl (C=O) groups excluding carboxylic acids is 1. The number of pyridine rings is 1. The summed E-state index contributed by atoms with van der Waals surface area (Å²) >= 11 is 0. The summed E-state index contributed by atoms with van der Waals surface area (Å²) < 4.78 is 17.1. The highest BCUT2D eigenvalue weighted by molar-refractivity contribution is 5.89. The normalized spacial score (nSPS) is 18.2. The molecule has 0 bridgehead atoms. The summed E-state index contributed by atoms with van der Waals surface area (Å²) in [5, 5.41) is 2.81. The number of hydrogen-bond acceptors (Lipinski definition) is 6. The number of aromatic nitrogens is 1. The number of anilines is 2. The van der Waals surface area contributed by atoms with E-state index in [1.165, 1.54) is 0 Å². The van der Waals surface area contributed by atoms with E-state index in [1.54, 1.807) is 6.20 Å². The predicted molar refractivity (Wildman–Crippen MR) is 106 cm³/mol. The van der Waals surface area contributed by atoms with E-state index in [4.69, 9.17) is 14.2 Å². The second-order valence-corrected chi connectivity index (χ2v) is 6.96. The van der Waals surface area contributed by atoms with E-state index in [0.29, 0.717) is 25.6 Å². The number of nitrogens with zero attached hydrogens (tertiary/aromatic N) is 2. The van der Waals surface area contributed by atoms with Gasteiger partial charge in [0.25, 0.3) is 0 Å². The van der Waals surface area contributed by atoms with Crippen molar-refractivity contribution in [1.82, 2.24) is 4.98 Å². The average molecular weight is 383 g/mol. The molecule has 0 aliphatic carbocycles. The van der Waals surface area contributed by atoms with Gasteiger partial charge in [-0.25, -0.2) is 4.98 Å². The van der Waals surface area contributed by atoms with Crippen molar-refractivity contribution in [2.45, 2.75) is 25.0 Å². The first-order valence-corrected chi connectivity index (χ1v) is 9.69. The van der Waals surface area contributed by atoms with Gasteiger partial charge in [-0.2, -0.15) is 0 Å². The summed E-state index contributed by atoms with van der Waals surface area (Å²) in [5.74, 6) is 0.810. The summed E-state index contributed by atoms with van der Waals surface area (Å²) in [4.78, 5) is 18.7. The zero-order chi connectivity index (χ0) is 19.2. The van der Waals surface area contributed by atoms with Crippen LogP contribution < -0.4 is 15.0 Å². The molecular weight excluding hydrogens is 358 g/mol. The number of benzene rings is 1. The van der Waals surface area contributed by atoms with Gasteiger partial charge >= 0.3 is 0 Å². The molecule has 0 saturated carbocycles. The Kier molecular flexibility index (Phi) is 5.73. The van der Waals surface area contributed by atoms with Crippen LogP contribution in [0, 0.1) is 0 Å². The zero-order valence-corrected chi connectivity index (χ0v) is 15.8. The Morgan fingerprint density at radius 2 is 1.86 bits per heavy atom. The molecule has 1 aromatic heterocycles. The van der Waals surface area contributed by atoms with Gasteiger partial charge in [0.05, 0.1) is 38.1 Å². The molecule has 4 rings (SSSR count). The maximum atomic E-state index is 12.1. The van der Waals surface area contributed by atoms with E-state index in [2.05, 4.69) is 15.2 Å². The minimum atomic E-state index is -0.375. The molecule has 2 aliphatic heterocycles. The van der Waals surface area contributed by atoms with Crippen LogP contribution >= 0.6 is 0 Å². The molecule has 2 aliphatic rings. The summed E-state index contributed by atoms with van der Waals surface area (Å²) in [6.45, 7) is 3.43. The average Bonchev–Trinajstić information content (AvgIpc) is 3.18. The Morgan fingerprint density at radius 1 is 1.11 bits per heavy atom. The highest BCUT2D eigenvalue weighted by atomic mass is 16.7. The van der Waals surface area contributed by atoms with E-state index < -0.39 is 0 Å². The first kappa shape index (κ1) is 18.7. The van der Waals surface area contributed by atoms with Crippen LogP contribution in [-0.2, 0) is 14.3 Å². The van der Waals surface area contributed by atoms with Gasteiger partial charge in [-0.3, -0.25) is 4.79 Å². The van der Waals surface area contributed by atoms with Crippen LogP contribution in [0.4, 0.5) is 11.5 Å². The number of amides is 1. The molecule has 1 aromatic carbocycles. The van der Waals surface area contributed by atoms with Crippen molar-refractivity contribution in [3.8, 4) is 5.75 Å². The molecule has 2 fully saturated rings. The predicted octanol–water partition coefficient (Wildman–Crippen LogP) is 2.83. The Labute approximate surface area is 164 Å². The van der Waals surface area contributed by atoms with Gasteiger partial charge in [0.1, 0.15) is 11.6 Å². The van der Waals surface area contributed by atoms with Crippen LogP contribution in [0.1, 0.15) is 19.3 Å². The van der Waals surface area contributed by atoms with Crippen LogP contribution in [0.3, 0.4) is 0 Å². The number of rotatable bonds is 6. The molecule has 2 aromatic rings. The van der Waals surface area contributed by atoms with Crippen molar-refractivity contribution in [2.75, 3.05) is 43.1 Å². The zero-order valence-electron chi connectivity index (χ0n) is 15.8. The van der Waals surface area contributed by atoms with Gasteiger partial charge in [0.2, 0.25) is 5.91 Å². The van der Waals surface area contributed by atoms with Crippen LogP contribution in [-0.4, -0.2) is 49.6 Å². The molecule has 7 nitrogen and oxygen atoms in total. The van der Waals surface area contributed by atoms with Gasteiger partial charge in [-0.05, 0) is 24.3 Å². The minimum Gasteiger partial charge on any atom is -0.493 e. The van der Waals surface area contributed by atoms with Crippen LogP contribution in [0.2, 0.25) is 0 Å². The smallest absolute Gasteiger partial charge is 0.228 e. The summed E-state index contributed by atoms with van der Waals surface area (Å²) in [7, 11) is 0. The van der Waals surface area contributed by atoms with Gasteiger partial charge in [-0.1, -0.05) is 18.2 Å². The van der Waals surface area contributed by atoms with E-state index >= 15 is 0 Å². The van der Waals surface area contributed by atoms with Gasteiger partial charge in [0.15, 0.2) is 5.79 Å². The molecule has 3 heterocycles. The molecule has 1 spiro atoms. The van der Waals surface area contributed by atoms with Crippen molar-refractivity contribution in [3.05, 3.63) is 48.7 Å². The van der Waals surface area contributed by atoms with Gasteiger partial charge < -0.3 is 24.4 Å². The second kappa shape index (κ2) is 8.58. The van der Waals surface area contributed by atoms with Gasteiger partial charge in [0, 0.05) is 25.9 Å². The molecule has 0 unspecified atom stereocenters. The molecule has 2 saturated heterocycles. The van der Waals surface area contributed by atoms with Crippen molar-refractivity contribution in [3.63, 3.8) is 0 Å². The lowest BCUT2D eigenvalue weighted by molar-refractivity contribution is -0.169. The molecule has 0 radical (unpaired) electrons. The van der Waals surface area contributed by atoms with Crippen molar-refractivity contribution in [2.24, 2.45) is 0 Å². The lowest BCUT2D eigenvalue weighted by Gasteiger charge is -2.38. The Hall–Kier alpha value is -2.64. The summed E-state index contributed by atoms with van der Waals surface area (Å²) in [6, 6.07) is 13.3. The highest BCUT2D eigenvalue weighted by Crippen LogP contribution is 2.33. The first-order chi connectivity index (χ1) is 13.7. The van der Waals surface area contributed by atoms with Crippen LogP contribution in [0.5, 0.6) is 5.75 Å². The van der Waals surface area contributed by atoms with E-state index in [0.717, 1.165) is 37.4 Å². The number of carbonyl (C=O) groups is 1. The monoisotopic (exact) mass is 383 g/mol. The Balaban J connectivity index is 1.22. The summed E-state index contributed by atoms with van der Waals surface area (Å²) in [5.41, 5.74) is 1.04. The molecular formula is C21H25N3O4. The fourth-order valence-electron chi connectivity index (χ4n) is 3.52. The lowest BCUT2D eigenvalue weighted by atomic mass is 10.0. The fourth-order valence-corrected chi connectivity index (χ4v) is 3.52. The Bertz CT molecular complexity index is 766. The maximum absolute atomic E-state index is 12.1. The fraction of sp³-hybridized carbons (Fsp3) is 0.429. The molecule has 0 atom stereocenters. The number of piperidine rings is 1. The second-order valence-electron chi connectivity index (χ2n) is 6.96. The third-order valence-electron chi connectivity index (χ3n) is 5.06. The molecule has 1 N–H and O–H groups in total. The number of para-hydroxylation sites is 1. The largest absolute Gasteiger partial charge is 0.493 e. The highest BCUT2D eigenvalue weighted by Gasteiger charge is 2.39. The van der Waals surface area contributed by atoms with Crippen molar-refractivity contribution >= 4 is 17.4 Å². The third-order valence-corrected chi connectivity index (χ3v) is 5.06. The van der Waals surface area contributed by atoms with Crippen LogP contribution in [0.25, 0.3) is 0 Å². The van der Waals surface area contributed by atoms with Crippen LogP contribution in [0.15, 0.2) is 48.7 Å². The molecule has 7 heteroatoms. The standard InChI is InChI=1S/C21H25N3O4/c25-20(8-13-26-18-4-2-1-3-5-18)23-19-7-6-17(16-22-19)24-11-9-21(10-12-24)27-14-15-28-21/h1-7,16H,8-15H2,(H,22,23,25).